The van der Waals surface area contributed by atoms with Gasteiger partial charge in [0.25, 0.3) is 0 Å². The number of hydrogen-bond acceptors (Lipinski definition) is 2. The lowest BCUT2D eigenvalue weighted by atomic mass is 9.77. The molecule has 0 bridgehead atoms. The van der Waals surface area contributed by atoms with Gasteiger partial charge in [-0.05, 0) is 68.5 Å². The van der Waals surface area contributed by atoms with Crippen LogP contribution in [0.1, 0.15) is 55.3 Å². The Balaban J connectivity index is 1.45. The summed E-state index contributed by atoms with van der Waals surface area (Å²) in [5.74, 6) is 0.229. The molecule has 21 heavy (non-hydrogen) atoms. The number of nitrogens with zero attached hydrogens (tertiary/aromatic N) is 1. The Morgan fingerprint density at radius 3 is 2.29 bits per heavy atom. The van der Waals surface area contributed by atoms with Crippen LogP contribution in [-0.4, -0.2) is 30.3 Å². The summed E-state index contributed by atoms with van der Waals surface area (Å²) < 4.78 is 0. The van der Waals surface area contributed by atoms with Gasteiger partial charge in [0.05, 0.1) is 0 Å². The number of carbonyl (C=O) groups is 1. The Morgan fingerprint density at radius 1 is 1.05 bits per heavy atom. The lowest BCUT2D eigenvalue weighted by Gasteiger charge is -2.39. The fourth-order valence-corrected chi connectivity index (χ4v) is 4.04. The van der Waals surface area contributed by atoms with E-state index in [0.717, 1.165) is 12.1 Å². The Labute approximate surface area is 132 Å². The van der Waals surface area contributed by atoms with Gasteiger partial charge in [0.1, 0.15) is 0 Å². The fraction of sp³-hybridized carbons (Fsp3) is 0.611. The third-order valence-electron chi connectivity index (χ3n) is 5.40. The van der Waals surface area contributed by atoms with Crippen LogP contribution in [0.25, 0.3) is 0 Å². The van der Waals surface area contributed by atoms with Crippen molar-refractivity contribution in [3.05, 3.63) is 34.9 Å². The first kappa shape index (κ1) is 15.1. The number of Topliss-reactive ketones (excluding diaryl/α,β-unsaturated/α-hetero) is 1. The zero-order valence-electron chi connectivity index (χ0n) is 12.6. The first-order valence-electron chi connectivity index (χ1n) is 8.18. The van der Waals surface area contributed by atoms with Gasteiger partial charge in [-0.3, -0.25) is 4.79 Å². The maximum Gasteiger partial charge on any atom is 0.164 e. The van der Waals surface area contributed by atoms with Crippen LogP contribution in [0, 0.1) is 5.41 Å². The van der Waals surface area contributed by atoms with Crippen molar-refractivity contribution >= 4 is 17.4 Å². The number of rotatable bonds is 4. The second kappa shape index (κ2) is 6.50. The van der Waals surface area contributed by atoms with E-state index in [1.165, 1.54) is 51.6 Å². The molecule has 1 aliphatic heterocycles. The minimum atomic E-state index is 0.229. The third kappa shape index (κ3) is 3.67. The maximum absolute atomic E-state index is 12.2. The molecule has 3 rings (SSSR count). The molecule has 1 heterocycles. The van der Waals surface area contributed by atoms with Gasteiger partial charge in [-0.1, -0.05) is 24.4 Å². The zero-order chi connectivity index (χ0) is 14.7. The maximum atomic E-state index is 12.2. The predicted molar refractivity (Wildman–Crippen MR) is 87.0 cm³/mol. The molecule has 1 aromatic carbocycles. The highest BCUT2D eigenvalue weighted by molar-refractivity contribution is 6.30. The highest BCUT2D eigenvalue weighted by Crippen LogP contribution is 2.46. The minimum absolute atomic E-state index is 0.229. The summed E-state index contributed by atoms with van der Waals surface area (Å²) in [4.78, 5) is 14.6. The van der Waals surface area contributed by atoms with Crippen LogP contribution in [0.3, 0.4) is 0 Å². The Kier molecular flexibility index (Phi) is 4.66. The molecule has 114 valence electrons. The molecule has 0 radical (unpaired) electrons. The molecule has 0 amide bonds. The van der Waals surface area contributed by atoms with Gasteiger partial charge in [0.2, 0.25) is 0 Å². The van der Waals surface area contributed by atoms with E-state index < -0.39 is 0 Å². The molecular formula is C18H24ClNO. The third-order valence-corrected chi connectivity index (χ3v) is 5.65. The molecule has 1 aromatic rings. The van der Waals surface area contributed by atoms with Crippen molar-refractivity contribution in [3.63, 3.8) is 0 Å². The van der Waals surface area contributed by atoms with Crippen LogP contribution in [0.2, 0.25) is 5.02 Å². The van der Waals surface area contributed by atoms with Gasteiger partial charge >= 0.3 is 0 Å². The van der Waals surface area contributed by atoms with Crippen LogP contribution in [0.5, 0.6) is 0 Å². The molecule has 0 unspecified atom stereocenters. The smallest absolute Gasteiger partial charge is 0.164 e. The van der Waals surface area contributed by atoms with Crippen LogP contribution in [-0.2, 0) is 0 Å². The minimum Gasteiger partial charge on any atom is -0.303 e. The number of likely N-dealkylation sites (tertiary alicyclic amines) is 1. The lowest BCUT2D eigenvalue weighted by molar-refractivity contribution is 0.0888. The standard InChI is InChI=1S/C18H24ClNO/c19-16-5-3-15(4-6-16)17(21)7-12-20-13-10-18(11-14-20)8-1-2-9-18/h3-6H,1-2,7-14H2. The van der Waals surface area contributed by atoms with E-state index in [1.807, 2.05) is 12.1 Å². The Morgan fingerprint density at radius 2 is 1.67 bits per heavy atom. The van der Waals surface area contributed by atoms with Crippen molar-refractivity contribution < 1.29 is 4.79 Å². The molecule has 1 saturated carbocycles. The van der Waals surface area contributed by atoms with Crippen LogP contribution in [0.4, 0.5) is 0 Å². The lowest BCUT2D eigenvalue weighted by Crippen LogP contribution is -2.39. The largest absolute Gasteiger partial charge is 0.303 e. The molecule has 1 saturated heterocycles. The van der Waals surface area contributed by atoms with E-state index in [-0.39, 0.29) is 5.78 Å². The first-order chi connectivity index (χ1) is 10.2. The highest BCUT2D eigenvalue weighted by atomic mass is 35.5. The summed E-state index contributed by atoms with van der Waals surface area (Å²) in [5, 5.41) is 0.685. The number of benzene rings is 1. The molecule has 2 nitrogen and oxygen atoms in total. The van der Waals surface area contributed by atoms with E-state index >= 15 is 0 Å². The number of carbonyl (C=O) groups excluding carboxylic acids is 1. The number of ketones is 1. The molecule has 3 heteroatoms. The molecule has 2 aliphatic rings. The highest BCUT2D eigenvalue weighted by Gasteiger charge is 2.36. The SMILES string of the molecule is O=C(CCN1CCC2(CCCC2)CC1)c1ccc(Cl)cc1. The molecule has 1 spiro atoms. The molecule has 1 aliphatic carbocycles. The van der Waals surface area contributed by atoms with Crippen molar-refractivity contribution in [1.82, 2.24) is 4.90 Å². The van der Waals surface area contributed by atoms with Crippen LogP contribution >= 0.6 is 11.6 Å². The molecular weight excluding hydrogens is 282 g/mol. The second-order valence-electron chi connectivity index (χ2n) is 6.73. The summed E-state index contributed by atoms with van der Waals surface area (Å²) in [6.07, 6.45) is 9.01. The summed E-state index contributed by atoms with van der Waals surface area (Å²) in [6.45, 7) is 3.25. The fourth-order valence-electron chi connectivity index (χ4n) is 3.92. The van der Waals surface area contributed by atoms with Gasteiger partial charge in [-0.15, -0.1) is 0 Å². The van der Waals surface area contributed by atoms with Crippen molar-refractivity contribution in [2.24, 2.45) is 5.41 Å². The topological polar surface area (TPSA) is 20.3 Å². The summed E-state index contributed by atoms with van der Waals surface area (Å²) in [5.41, 5.74) is 1.44. The van der Waals surface area contributed by atoms with Crippen molar-refractivity contribution in [2.45, 2.75) is 44.9 Å². The monoisotopic (exact) mass is 305 g/mol. The summed E-state index contributed by atoms with van der Waals surface area (Å²) in [6, 6.07) is 7.24. The first-order valence-corrected chi connectivity index (χ1v) is 8.56. The van der Waals surface area contributed by atoms with Gasteiger partial charge in [0.15, 0.2) is 5.78 Å². The van der Waals surface area contributed by atoms with Crippen molar-refractivity contribution in [2.75, 3.05) is 19.6 Å². The van der Waals surface area contributed by atoms with E-state index in [0.29, 0.717) is 16.9 Å². The average molecular weight is 306 g/mol. The molecule has 2 fully saturated rings. The number of halogens is 1. The number of hydrogen-bond donors (Lipinski definition) is 0. The van der Waals surface area contributed by atoms with E-state index in [4.69, 9.17) is 11.6 Å². The van der Waals surface area contributed by atoms with Gasteiger partial charge in [-0.2, -0.15) is 0 Å². The molecule has 0 N–H and O–H groups in total. The van der Waals surface area contributed by atoms with Gasteiger partial charge in [-0.25, -0.2) is 0 Å². The Bertz CT molecular complexity index is 480. The van der Waals surface area contributed by atoms with Crippen molar-refractivity contribution in [1.29, 1.82) is 0 Å². The summed E-state index contributed by atoms with van der Waals surface area (Å²) >= 11 is 5.85. The molecule has 0 aromatic heterocycles. The van der Waals surface area contributed by atoms with Crippen LogP contribution in [0.15, 0.2) is 24.3 Å². The second-order valence-corrected chi connectivity index (χ2v) is 7.17. The van der Waals surface area contributed by atoms with Crippen LogP contribution < -0.4 is 0 Å². The Hall–Kier alpha value is -0.860. The normalized spacial score (nSPS) is 21.8. The van der Waals surface area contributed by atoms with Gasteiger partial charge < -0.3 is 4.90 Å². The average Bonchev–Trinajstić information content (AvgIpc) is 2.95. The summed E-state index contributed by atoms with van der Waals surface area (Å²) in [7, 11) is 0. The van der Waals surface area contributed by atoms with Gasteiger partial charge in [0, 0.05) is 23.6 Å². The van der Waals surface area contributed by atoms with E-state index in [1.54, 1.807) is 12.1 Å². The van der Waals surface area contributed by atoms with Crippen molar-refractivity contribution in [3.8, 4) is 0 Å². The predicted octanol–water partition coefficient (Wildman–Crippen LogP) is 4.57. The number of piperidine rings is 1. The molecule has 0 atom stereocenters. The van der Waals surface area contributed by atoms with E-state index in [9.17, 15) is 4.79 Å². The van der Waals surface area contributed by atoms with E-state index in [2.05, 4.69) is 4.90 Å². The quantitative estimate of drug-likeness (QED) is 0.760. The zero-order valence-corrected chi connectivity index (χ0v) is 13.4.